The first-order chi connectivity index (χ1) is 11.8. The number of aromatic nitrogens is 1. The van der Waals surface area contributed by atoms with Crippen LogP contribution in [0.1, 0.15) is 51.0 Å². The predicted octanol–water partition coefficient (Wildman–Crippen LogP) is 6.10. The number of phenolic OH excluding ortho intramolecular Hbond substituents is 1. The molecule has 3 aromatic rings. The minimum atomic E-state index is 0.246. The second-order valence-corrected chi connectivity index (χ2v) is 6.39. The minimum absolute atomic E-state index is 0.246. The van der Waals surface area contributed by atoms with Crippen molar-refractivity contribution in [2.24, 2.45) is 0 Å². The molecule has 3 rings (SSSR count). The van der Waals surface area contributed by atoms with E-state index in [9.17, 15) is 5.11 Å². The SMILES string of the molecule is CCCCCCCCc1ccc2oc(-c3ccc(O)cc3)nc2c1. The second-order valence-electron chi connectivity index (χ2n) is 6.39. The largest absolute Gasteiger partial charge is 0.508 e. The molecule has 3 nitrogen and oxygen atoms in total. The molecule has 0 bridgehead atoms. The molecule has 0 atom stereocenters. The quantitative estimate of drug-likeness (QED) is 0.509. The summed E-state index contributed by atoms with van der Waals surface area (Å²) in [7, 11) is 0. The fraction of sp³-hybridized carbons (Fsp3) is 0.381. The maximum Gasteiger partial charge on any atom is 0.227 e. The van der Waals surface area contributed by atoms with E-state index >= 15 is 0 Å². The van der Waals surface area contributed by atoms with E-state index in [0.29, 0.717) is 5.89 Å². The third-order valence-electron chi connectivity index (χ3n) is 4.39. The monoisotopic (exact) mass is 323 g/mol. The zero-order valence-electron chi connectivity index (χ0n) is 14.3. The van der Waals surface area contributed by atoms with E-state index in [0.717, 1.165) is 23.1 Å². The van der Waals surface area contributed by atoms with Gasteiger partial charge in [0, 0.05) is 5.56 Å². The molecule has 0 aliphatic rings. The van der Waals surface area contributed by atoms with Crippen LogP contribution in [-0.2, 0) is 6.42 Å². The fourth-order valence-corrected chi connectivity index (χ4v) is 2.97. The molecular weight excluding hydrogens is 298 g/mol. The Balaban J connectivity index is 1.64. The van der Waals surface area contributed by atoms with Gasteiger partial charge in [-0.3, -0.25) is 0 Å². The maximum atomic E-state index is 9.38. The normalized spacial score (nSPS) is 11.2. The Bertz CT molecular complexity index is 774. The van der Waals surface area contributed by atoms with Gasteiger partial charge in [-0.1, -0.05) is 45.1 Å². The van der Waals surface area contributed by atoms with Gasteiger partial charge in [0.1, 0.15) is 11.3 Å². The smallest absolute Gasteiger partial charge is 0.227 e. The minimum Gasteiger partial charge on any atom is -0.508 e. The van der Waals surface area contributed by atoms with E-state index in [2.05, 4.69) is 24.0 Å². The molecular formula is C21H25NO2. The Kier molecular flexibility index (Phi) is 5.52. The van der Waals surface area contributed by atoms with Crippen molar-refractivity contribution in [2.45, 2.75) is 51.9 Å². The number of phenols is 1. The van der Waals surface area contributed by atoms with Gasteiger partial charge < -0.3 is 9.52 Å². The van der Waals surface area contributed by atoms with E-state index < -0.39 is 0 Å². The van der Waals surface area contributed by atoms with E-state index in [1.807, 2.05) is 18.2 Å². The van der Waals surface area contributed by atoms with Crippen LogP contribution in [0.4, 0.5) is 0 Å². The summed E-state index contributed by atoms with van der Waals surface area (Å²) < 4.78 is 5.83. The van der Waals surface area contributed by atoms with Crippen LogP contribution < -0.4 is 0 Å². The van der Waals surface area contributed by atoms with Gasteiger partial charge in [-0.25, -0.2) is 4.98 Å². The zero-order valence-corrected chi connectivity index (χ0v) is 14.3. The van der Waals surface area contributed by atoms with Gasteiger partial charge in [0.15, 0.2) is 5.58 Å². The van der Waals surface area contributed by atoms with E-state index in [1.165, 1.54) is 44.1 Å². The van der Waals surface area contributed by atoms with Crippen molar-refractivity contribution in [2.75, 3.05) is 0 Å². The number of aromatic hydroxyl groups is 1. The topological polar surface area (TPSA) is 46.3 Å². The molecule has 0 unspecified atom stereocenters. The number of benzene rings is 2. The first-order valence-corrected chi connectivity index (χ1v) is 8.95. The lowest BCUT2D eigenvalue weighted by atomic mass is 10.0. The van der Waals surface area contributed by atoms with Gasteiger partial charge >= 0.3 is 0 Å². The molecule has 24 heavy (non-hydrogen) atoms. The van der Waals surface area contributed by atoms with Crippen LogP contribution in [0, 0.1) is 0 Å². The molecule has 0 aliphatic carbocycles. The Hall–Kier alpha value is -2.29. The number of rotatable bonds is 8. The van der Waals surface area contributed by atoms with Crippen LogP contribution in [0.25, 0.3) is 22.6 Å². The van der Waals surface area contributed by atoms with Gasteiger partial charge in [0.2, 0.25) is 5.89 Å². The number of hydrogen-bond acceptors (Lipinski definition) is 3. The summed E-state index contributed by atoms with van der Waals surface area (Å²) >= 11 is 0. The third-order valence-corrected chi connectivity index (χ3v) is 4.39. The summed E-state index contributed by atoms with van der Waals surface area (Å²) in [6.45, 7) is 2.25. The highest BCUT2D eigenvalue weighted by atomic mass is 16.3. The lowest BCUT2D eigenvalue weighted by molar-refractivity contribution is 0.475. The van der Waals surface area contributed by atoms with Crippen molar-refractivity contribution < 1.29 is 9.52 Å². The highest BCUT2D eigenvalue weighted by molar-refractivity contribution is 5.77. The molecule has 1 heterocycles. The Morgan fingerprint density at radius 2 is 1.67 bits per heavy atom. The summed E-state index contributed by atoms with van der Waals surface area (Å²) in [4.78, 5) is 4.59. The third kappa shape index (κ3) is 4.16. The number of fused-ring (bicyclic) bond motifs is 1. The first kappa shape index (κ1) is 16.6. The lowest BCUT2D eigenvalue weighted by Gasteiger charge is -2.01. The van der Waals surface area contributed by atoms with Gasteiger partial charge in [-0.05, 0) is 54.8 Å². The van der Waals surface area contributed by atoms with Gasteiger partial charge in [-0.15, -0.1) is 0 Å². The number of hydrogen-bond donors (Lipinski definition) is 1. The molecule has 2 aromatic carbocycles. The molecule has 0 amide bonds. The van der Waals surface area contributed by atoms with Crippen LogP contribution in [0.15, 0.2) is 46.9 Å². The molecule has 1 N–H and O–H groups in total. The number of unbranched alkanes of at least 4 members (excludes halogenated alkanes) is 5. The van der Waals surface area contributed by atoms with E-state index in [1.54, 1.807) is 12.1 Å². The lowest BCUT2D eigenvalue weighted by Crippen LogP contribution is -1.86. The van der Waals surface area contributed by atoms with Crippen molar-refractivity contribution in [3.05, 3.63) is 48.0 Å². The molecule has 0 fully saturated rings. The molecule has 0 saturated carbocycles. The Labute approximate surface area is 143 Å². The molecule has 0 radical (unpaired) electrons. The Morgan fingerprint density at radius 3 is 2.46 bits per heavy atom. The van der Waals surface area contributed by atoms with E-state index in [-0.39, 0.29) is 5.75 Å². The fourth-order valence-electron chi connectivity index (χ4n) is 2.97. The summed E-state index contributed by atoms with van der Waals surface area (Å²) in [6, 6.07) is 13.2. The first-order valence-electron chi connectivity index (χ1n) is 8.95. The number of oxazole rings is 1. The van der Waals surface area contributed by atoms with Crippen molar-refractivity contribution in [3.63, 3.8) is 0 Å². The van der Waals surface area contributed by atoms with Crippen LogP contribution in [0.5, 0.6) is 5.75 Å². The standard InChI is InChI=1S/C21H25NO2/c1-2-3-4-5-6-7-8-16-9-14-20-19(15-16)22-21(24-20)17-10-12-18(23)13-11-17/h9-15,23H,2-8H2,1H3. The zero-order chi connectivity index (χ0) is 16.8. The van der Waals surface area contributed by atoms with Crippen molar-refractivity contribution in [3.8, 4) is 17.2 Å². The molecule has 126 valence electrons. The molecule has 1 aromatic heterocycles. The summed E-state index contributed by atoms with van der Waals surface area (Å²) in [5.41, 5.74) is 3.91. The molecule has 3 heteroatoms. The van der Waals surface area contributed by atoms with Crippen molar-refractivity contribution >= 4 is 11.1 Å². The average Bonchev–Trinajstić information content (AvgIpc) is 3.02. The summed E-state index contributed by atoms with van der Waals surface area (Å²) in [5, 5.41) is 9.38. The summed E-state index contributed by atoms with van der Waals surface area (Å²) in [6.07, 6.45) is 8.98. The van der Waals surface area contributed by atoms with Gasteiger partial charge in [0.05, 0.1) is 0 Å². The number of nitrogens with zero attached hydrogens (tertiary/aromatic N) is 1. The van der Waals surface area contributed by atoms with Crippen LogP contribution in [0.2, 0.25) is 0 Å². The van der Waals surface area contributed by atoms with Gasteiger partial charge in [-0.2, -0.15) is 0 Å². The predicted molar refractivity (Wildman–Crippen MR) is 98.2 cm³/mol. The number of aryl methyl sites for hydroxylation is 1. The molecule has 0 saturated heterocycles. The highest BCUT2D eigenvalue weighted by Crippen LogP contribution is 2.26. The second kappa shape index (κ2) is 8.00. The molecule has 0 aliphatic heterocycles. The van der Waals surface area contributed by atoms with Crippen molar-refractivity contribution in [1.82, 2.24) is 4.98 Å². The van der Waals surface area contributed by atoms with Gasteiger partial charge in [0.25, 0.3) is 0 Å². The van der Waals surface area contributed by atoms with Crippen LogP contribution in [-0.4, -0.2) is 10.1 Å². The Morgan fingerprint density at radius 1 is 0.917 bits per heavy atom. The maximum absolute atomic E-state index is 9.38. The molecule has 0 spiro atoms. The van der Waals surface area contributed by atoms with Crippen LogP contribution in [0.3, 0.4) is 0 Å². The van der Waals surface area contributed by atoms with Crippen LogP contribution >= 0.6 is 0 Å². The highest BCUT2D eigenvalue weighted by Gasteiger charge is 2.09. The van der Waals surface area contributed by atoms with Crippen molar-refractivity contribution in [1.29, 1.82) is 0 Å². The van der Waals surface area contributed by atoms with E-state index in [4.69, 9.17) is 4.42 Å². The summed E-state index contributed by atoms with van der Waals surface area (Å²) in [5.74, 6) is 0.845. The average molecular weight is 323 g/mol.